The lowest BCUT2D eigenvalue weighted by Crippen LogP contribution is -2.37. The molecular weight excluding hydrogens is 205 g/mol. The Morgan fingerprint density at radius 3 is 2.62 bits per heavy atom. The molecule has 0 saturated carbocycles. The molecule has 1 aliphatic heterocycles. The number of hydrogen-bond donors (Lipinski definition) is 0. The van der Waals surface area contributed by atoms with Crippen LogP contribution in [0.1, 0.15) is 12.0 Å². The molecule has 1 nitrogen and oxygen atoms in total. The summed E-state index contributed by atoms with van der Waals surface area (Å²) in [5.74, 6) is 0.492. The van der Waals surface area contributed by atoms with Crippen LogP contribution in [-0.2, 0) is 5.88 Å². The third kappa shape index (κ3) is 1.63. The van der Waals surface area contributed by atoms with Crippen LogP contribution in [0.2, 0.25) is 5.02 Å². The lowest BCUT2D eigenvalue weighted by atomic mass is 10.1. The van der Waals surface area contributed by atoms with Crippen LogP contribution >= 0.6 is 23.2 Å². The molecule has 1 fully saturated rings. The van der Waals surface area contributed by atoms with Gasteiger partial charge in [0.15, 0.2) is 0 Å². The van der Waals surface area contributed by atoms with E-state index < -0.39 is 0 Å². The van der Waals surface area contributed by atoms with Crippen molar-refractivity contribution in [2.45, 2.75) is 12.3 Å². The summed E-state index contributed by atoms with van der Waals surface area (Å²) in [6.07, 6.45) is 1.27. The van der Waals surface area contributed by atoms with Gasteiger partial charge in [-0.3, -0.25) is 0 Å². The summed E-state index contributed by atoms with van der Waals surface area (Å²) in [7, 11) is 0. The van der Waals surface area contributed by atoms with E-state index in [4.69, 9.17) is 23.2 Å². The maximum atomic E-state index is 6.04. The van der Waals surface area contributed by atoms with Gasteiger partial charge in [0.1, 0.15) is 0 Å². The predicted molar refractivity (Wildman–Crippen MR) is 57.8 cm³/mol. The van der Waals surface area contributed by atoms with Crippen molar-refractivity contribution in [3.8, 4) is 0 Å². The zero-order chi connectivity index (χ0) is 9.26. The maximum Gasteiger partial charge on any atom is 0.0509 e. The van der Waals surface area contributed by atoms with E-state index in [-0.39, 0.29) is 0 Å². The second-order valence-electron chi connectivity index (χ2n) is 3.21. The predicted octanol–water partition coefficient (Wildman–Crippen LogP) is 3.29. The number of benzene rings is 1. The molecule has 0 atom stereocenters. The number of alkyl halides is 1. The minimum absolute atomic E-state index is 0.492. The first-order chi connectivity index (χ1) is 6.33. The van der Waals surface area contributed by atoms with Crippen molar-refractivity contribution in [2.24, 2.45) is 0 Å². The van der Waals surface area contributed by atoms with Gasteiger partial charge in [0.05, 0.1) is 5.88 Å². The van der Waals surface area contributed by atoms with E-state index in [1.807, 2.05) is 12.1 Å². The summed E-state index contributed by atoms with van der Waals surface area (Å²) in [6, 6.07) is 5.96. The fourth-order valence-corrected chi connectivity index (χ4v) is 2.12. The Morgan fingerprint density at radius 1 is 1.31 bits per heavy atom. The molecule has 0 N–H and O–H groups in total. The Labute approximate surface area is 88.3 Å². The van der Waals surface area contributed by atoms with Gasteiger partial charge in [-0.1, -0.05) is 17.7 Å². The fourth-order valence-electron chi connectivity index (χ4n) is 1.53. The zero-order valence-electron chi connectivity index (χ0n) is 7.26. The van der Waals surface area contributed by atoms with Crippen LogP contribution in [0, 0.1) is 0 Å². The number of hydrogen-bond acceptors (Lipinski definition) is 1. The Balaban J connectivity index is 2.37. The minimum atomic E-state index is 0.492. The van der Waals surface area contributed by atoms with E-state index in [1.165, 1.54) is 12.1 Å². The first-order valence-electron chi connectivity index (χ1n) is 4.41. The van der Waals surface area contributed by atoms with Gasteiger partial charge in [-0.05, 0) is 18.6 Å². The van der Waals surface area contributed by atoms with Gasteiger partial charge in [-0.25, -0.2) is 0 Å². The lowest BCUT2D eigenvalue weighted by Gasteiger charge is -2.34. The molecule has 0 spiro atoms. The normalized spacial score (nSPS) is 15.7. The van der Waals surface area contributed by atoms with Crippen molar-refractivity contribution in [2.75, 3.05) is 18.0 Å². The highest BCUT2D eigenvalue weighted by molar-refractivity contribution is 6.32. The lowest BCUT2D eigenvalue weighted by molar-refractivity contribution is 0.616. The quantitative estimate of drug-likeness (QED) is 0.685. The Bertz CT molecular complexity index is 308. The van der Waals surface area contributed by atoms with Gasteiger partial charge in [-0.15, -0.1) is 11.6 Å². The zero-order valence-corrected chi connectivity index (χ0v) is 8.78. The third-order valence-corrected chi connectivity index (χ3v) is 3.05. The van der Waals surface area contributed by atoms with Gasteiger partial charge in [0.25, 0.3) is 0 Å². The van der Waals surface area contributed by atoms with Crippen LogP contribution in [0.4, 0.5) is 5.69 Å². The topological polar surface area (TPSA) is 3.24 Å². The monoisotopic (exact) mass is 215 g/mol. The standard InChI is InChI=1S/C10H11Cl2N/c11-7-8-9(12)3-1-4-10(8)13-5-2-6-13/h1,3-4H,2,5-7H2. The van der Waals surface area contributed by atoms with Gasteiger partial charge in [0.2, 0.25) is 0 Å². The largest absolute Gasteiger partial charge is 0.371 e. The van der Waals surface area contributed by atoms with Crippen LogP contribution < -0.4 is 4.90 Å². The van der Waals surface area contributed by atoms with Crippen LogP contribution in [0.15, 0.2) is 18.2 Å². The Kier molecular flexibility index (Phi) is 2.66. The highest BCUT2D eigenvalue weighted by Gasteiger charge is 2.18. The van der Waals surface area contributed by atoms with Crippen LogP contribution in [0.3, 0.4) is 0 Å². The van der Waals surface area contributed by atoms with Crippen molar-refractivity contribution in [1.29, 1.82) is 0 Å². The summed E-state index contributed by atoms with van der Waals surface area (Å²) in [5.41, 5.74) is 2.26. The molecule has 0 unspecified atom stereocenters. The molecule has 1 aromatic carbocycles. The minimum Gasteiger partial charge on any atom is -0.371 e. The van der Waals surface area contributed by atoms with Crippen molar-refractivity contribution in [1.82, 2.24) is 0 Å². The fraction of sp³-hybridized carbons (Fsp3) is 0.400. The van der Waals surface area contributed by atoms with E-state index in [9.17, 15) is 0 Å². The van der Waals surface area contributed by atoms with E-state index in [1.54, 1.807) is 0 Å². The smallest absolute Gasteiger partial charge is 0.0509 e. The van der Waals surface area contributed by atoms with Crippen molar-refractivity contribution in [3.05, 3.63) is 28.8 Å². The Morgan fingerprint density at radius 2 is 2.08 bits per heavy atom. The van der Waals surface area contributed by atoms with Gasteiger partial charge in [0, 0.05) is 29.4 Å². The molecule has 3 heteroatoms. The molecule has 1 heterocycles. The Hall–Kier alpha value is -0.400. The SMILES string of the molecule is ClCc1c(Cl)cccc1N1CCC1. The summed E-state index contributed by atoms with van der Waals surface area (Å²) in [5, 5.41) is 0.777. The highest BCUT2D eigenvalue weighted by atomic mass is 35.5. The van der Waals surface area contributed by atoms with Crippen molar-refractivity contribution >= 4 is 28.9 Å². The summed E-state index contributed by atoms with van der Waals surface area (Å²) < 4.78 is 0. The molecule has 1 aliphatic rings. The molecule has 0 aromatic heterocycles. The average Bonchev–Trinajstić information content (AvgIpc) is 2.01. The van der Waals surface area contributed by atoms with Gasteiger partial charge in [-0.2, -0.15) is 0 Å². The van der Waals surface area contributed by atoms with Crippen molar-refractivity contribution < 1.29 is 0 Å². The summed E-state index contributed by atoms with van der Waals surface area (Å²) in [4.78, 5) is 2.31. The molecule has 2 rings (SSSR count). The number of nitrogens with zero attached hydrogens (tertiary/aromatic N) is 1. The third-order valence-electron chi connectivity index (χ3n) is 2.42. The maximum absolute atomic E-state index is 6.04. The number of rotatable bonds is 2. The molecule has 0 aliphatic carbocycles. The number of anilines is 1. The molecular formula is C10H11Cl2N. The number of halogens is 2. The average molecular weight is 216 g/mol. The molecule has 1 aromatic rings. The molecule has 70 valence electrons. The second kappa shape index (κ2) is 3.77. The first kappa shape index (κ1) is 9.17. The molecule has 13 heavy (non-hydrogen) atoms. The summed E-state index contributed by atoms with van der Waals surface area (Å²) >= 11 is 11.9. The summed E-state index contributed by atoms with van der Waals surface area (Å²) in [6.45, 7) is 2.26. The molecule has 1 saturated heterocycles. The van der Waals surface area contributed by atoms with E-state index in [0.29, 0.717) is 5.88 Å². The van der Waals surface area contributed by atoms with E-state index in [2.05, 4.69) is 11.0 Å². The second-order valence-corrected chi connectivity index (χ2v) is 3.89. The highest BCUT2D eigenvalue weighted by Crippen LogP contribution is 2.31. The van der Waals surface area contributed by atoms with Crippen LogP contribution in [0.5, 0.6) is 0 Å². The van der Waals surface area contributed by atoms with Crippen molar-refractivity contribution in [3.63, 3.8) is 0 Å². The van der Waals surface area contributed by atoms with E-state index >= 15 is 0 Å². The van der Waals surface area contributed by atoms with Crippen LogP contribution in [-0.4, -0.2) is 13.1 Å². The molecule has 0 amide bonds. The van der Waals surface area contributed by atoms with Gasteiger partial charge < -0.3 is 4.90 Å². The first-order valence-corrected chi connectivity index (χ1v) is 5.32. The van der Waals surface area contributed by atoms with E-state index in [0.717, 1.165) is 23.7 Å². The molecule has 0 radical (unpaired) electrons. The molecule has 0 bridgehead atoms. The van der Waals surface area contributed by atoms with Gasteiger partial charge >= 0.3 is 0 Å². The van der Waals surface area contributed by atoms with Crippen LogP contribution in [0.25, 0.3) is 0 Å².